The van der Waals surface area contributed by atoms with E-state index in [2.05, 4.69) is 4.98 Å². The van der Waals surface area contributed by atoms with Crippen LogP contribution in [0.3, 0.4) is 0 Å². The van der Waals surface area contributed by atoms with Gasteiger partial charge in [0.2, 0.25) is 0 Å². The van der Waals surface area contributed by atoms with Crippen LogP contribution in [0.1, 0.15) is 42.2 Å². The Morgan fingerprint density at radius 1 is 1.03 bits per heavy atom. The minimum Gasteiger partial charge on any atom is -0.496 e. The van der Waals surface area contributed by atoms with Crippen LogP contribution in [0, 0.1) is 0 Å². The van der Waals surface area contributed by atoms with Crippen LogP contribution in [-0.4, -0.2) is 44.2 Å². The molecule has 1 aromatic heterocycles. The molecule has 30 heavy (non-hydrogen) atoms. The number of ketones is 1. The zero-order chi connectivity index (χ0) is 21.8. The number of nitrogens with zero attached hydrogens (tertiary/aromatic N) is 1. The average molecular weight is 413 g/mol. The van der Waals surface area contributed by atoms with Crippen LogP contribution in [0.2, 0.25) is 0 Å². The van der Waals surface area contributed by atoms with Gasteiger partial charge < -0.3 is 18.9 Å². The van der Waals surface area contributed by atoms with Crippen molar-refractivity contribution in [2.24, 2.45) is 0 Å². The summed E-state index contributed by atoms with van der Waals surface area (Å²) in [5, 5.41) is 0. The van der Waals surface area contributed by atoms with Crippen molar-refractivity contribution in [3.05, 3.63) is 53.9 Å². The van der Waals surface area contributed by atoms with Gasteiger partial charge in [-0.05, 0) is 44.1 Å². The molecule has 7 heteroatoms. The summed E-state index contributed by atoms with van der Waals surface area (Å²) in [5.74, 6) is 1.14. The number of carbonyl (C=O) groups is 2. The molecule has 0 N–H and O–H groups in total. The number of carbonyl (C=O) groups excluding carboxylic acids is 2. The molecule has 0 aliphatic heterocycles. The van der Waals surface area contributed by atoms with Gasteiger partial charge in [-0.3, -0.25) is 14.6 Å². The summed E-state index contributed by atoms with van der Waals surface area (Å²) in [6, 6.07) is 8.73. The summed E-state index contributed by atoms with van der Waals surface area (Å²) in [5.41, 5.74) is 1.03. The number of ether oxygens (including phenoxy) is 4. The van der Waals surface area contributed by atoms with E-state index in [-0.39, 0.29) is 11.8 Å². The lowest BCUT2D eigenvalue weighted by atomic mass is 10.1. The van der Waals surface area contributed by atoms with Gasteiger partial charge >= 0.3 is 5.97 Å². The smallest absolute Gasteiger partial charge is 0.305 e. The van der Waals surface area contributed by atoms with Crippen molar-refractivity contribution in [2.45, 2.75) is 26.2 Å². The topological polar surface area (TPSA) is 84.0 Å². The van der Waals surface area contributed by atoms with Crippen LogP contribution in [-0.2, 0) is 9.53 Å². The van der Waals surface area contributed by atoms with Gasteiger partial charge in [-0.1, -0.05) is 12.1 Å². The van der Waals surface area contributed by atoms with Crippen LogP contribution in [0.4, 0.5) is 0 Å². The number of para-hydroxylation sites is 1. The second kappa shape index (κ2) is 12.3. The molecule has 0 saturated heterocycles. The van der Waals surface area contributed by atoms with Crippen molar-refractivity contribution in [1.29, 1.82) is 0 Å². The van der Waals surface area contributed by atoms with Crippen molar-refractivity contribution in [1.82, 2.24) is 4.98 Å². The molecule has 0 atom stereocenters. The number of pyridine rings is 1. The maximum Gasteiger partial charge on any atom is 0.305 e. The first-order valence-electron chi connectivity index (χ1n) is 9.77. The number of methoxy groups -OCH3 is 2. The molecule has 0 bridgehead atoms. The van der Waals surface area contributed by atoms with E-state index in [4.69, 9.17) is 18.9 Å². The lowest BCUT2D eigenvalue weighted by Gasteiger charge is -2.11. The first-order chi connectivity index (χ1) is 14.6. The Morgan fingerprint density at radius 3 is 2.53 bits per heavy atom. The predicted octanol–water partition coefficient (Wildman–Crippen LogP) is 4.11. The molecule has 0 aliphatic carbocycles. The molecule has 0 spiro atoms. The second-order valence-corrected chi connectivity index (χ2v) is 6.27. The van der Waals surface area contributed by atoms with E-state index in [1.54, 1.807) is 49.5 Å². The Hall–Kier alpha value is -3.35. The number of hydrogen-bond acceptors (Lipinski definition) is 7. The molecule has 2 rings (SSSR count). The van der Waals surface area contributed by atoms with Gasteiger partial charge in [0.05, 0.1) is 44.9 Å². The van der Waals surface area contributed by atoms with Crippen LogP contribution in [0.5, 0.6) is 17.2 Å². The van der Waals surface area contributed by atoms with E-state index in [1.165, 1.54) is 20.3 Å². The highest BCUT2D eigenvalue weighted by Crippen LogP contribution is 2.27. The summed E-state index contributed by atoms with van der Waals surface area (Å²) in [7, 11) is 3.06. The number of rotatable bonds is 12. The summed E-state index contributed by atoms with van der Waals surface area (Å²) >= 11 is 0. The summed E-state index contributed by atoms with van der Waals surface area (Å²) in [6.45, 7) is 2.59. The van der Waals surface area contributed by atoms with Crippen molar-refractivity contribution in [2.75, 3.05) is 27.4 Å². The van der Waals surface area contributed by atoms with E-state index >= 15 is 0 Å². The Bertz CT molecular complexity index is 878. The zero-order valence-corrected chi connectivity index (χ0v) is 17.6. The molecule has 0 fully saturated rings. The molecule has 0 saturated carbocycles. The van der Waals surface area contributed by atoms with E-state index in [1.807, 2.05) is 0 Å². The number of unbranched alkanes of at least 4 members (excludes halogenated alkanes) is 1. The van der Waals surface area contributed by atoms with E-state index in [0.29, 0.717) is 61.0 Å². The fourth-order valence-electron chi connectivity index (χ4n) is 2.68. The lowest BCUT2D eigenvalue weighted by Crippen LogP contribution is -2.05. The minimum absolute atomic E-state index is 0.188. The molecule has 7 nitrogen and oxygen atoms in total. The van der Waals surface area contributed by atoms with Crippen molar-refractivity contribution in [3.8, 4) is 17.2 Å². The SMILES string of the molecule is CCOC(=O)CCCCOc1cc(/C=C/C(=O)c2ccccc2OC)ncc1OC. The Kier molecular flexibility index (Phi) is 9.37. The molecule has 2 aromatic rings. The lowest BCUT2D eigenvalue weighted by molar-refractivity contribution is -0.143. The normalized spacial score (nSPS) is 10.6. The van der Waals surface area contributed by atoms with Crippen LogP contribution >= 0.6 is 0 Å². The maximum atomic E-state index is 12.5. The van der Waals surface area contributed by atoms with Gasteiger partial charge in [0.15, 0.2) is 17.3 Å². The zero-order valence-electron chi connectivity index (χ0n) is 17.6. The van der Waals surface area contributed by atoms with Gasteiger partial charge in [-0.15, -0.1) is 0 Å². The third-order valence-corrected chi connectivity index (χ3v) is 4.19. The first-order valence-corrected chi connectivity index (χ1v) is 9.77. The van der Waals surface area contributed by atoms with Gasteiger partial charge in [0, 0.05) is 12.5 Å². The third-order valence-electron chi connectivity index (χ3n) is 4.19. The van der Waals surface area contributed by atoms with Crippen LogP contribution in [0.25, 0.3) is 6.08 Å². The fraction of sp³-hybridized carbons (Fsp3) is 0.348. The molecule has 160 valence electrons. The molecule has 1 heterocycles. The Morgan fingerprint density at radius 2 is 1.80 bits per heavy atom. The quantitative estimate of drug-likeness (QED) is 0.224. The predicted molar refractivity (Wildman–Crippen MR) is 113 cm³/mol. The monoisotopic (exact) mass is 413 g/mol. The summed E-state index contributed by atoms with van der Waals surface area (Å²) in [6.07, 6.45) is 6.33. The van der Waals surface area contributed by atoms with Crippen molar-refractivity contribution in [3.63, 3.8) is 0 Å². The maximum absolute atomic E-state index is 12.5. The van der Waals surface area contributed by atoms with E-state index in [9.17, 15) is 9.59 Å². The number of benzene rings is 1. The summed E-state index contributed by atoms with van der Waals surface area (Å²) in [4.78, 5) is 28.1. The van der Waals surface area contributed by atoms with Crippen molar-refractivity contribution < 1.29 is 28.5 Å². The molecular weight excluding hydrogens is 386 g/mol. The van der Waals surface area contributed by atoms with Gasteiger partial charge in [-0.25, -0.2) is 0 Å². The molecule has 0 unspecified atom stereocenters. The summed E-state index contributed by atoms with van der Waals surface area (Å²) < 4.78 is 21.2. The highest BCUT2D eigenvalue weighted by molar-refractivity contribution is 6.08. The molecular formula is C23H27NO6. The fourth-order valence-corrected chi connectivity index (χ4v) is 2.68. The number of allylic oxidation sites excluding steroid dienone is 1. The van der Waals surface area contributed by atoms with Crippen LogP contribution in [0.15, 0.2) is 42.6 Å². The highest BCUT2D eigenvalue weighted by atomic mass is 16.5. The second-order valence-electron chi connectivity index (χ2n) is 6.27. The molecule has 0 radical (unpaired) electrons. The van der Waals surface area contributed by atoms with Crippen molar-refractivity contribution >= 4 is 17.8 Å². The van der Waals surface area contributed by atoms with Gasteiger partial charge in [0.25, 0.3) is 0 Å². The molecule has 0 amide bonds. The number of esters is 1. The average Bonchev–Trinajstić information content (AvgIpc) is 2.77. The molecule has 0 aliphatic rings. The van der Waals surface area contributed by atoms with Gasteiger partial charge in [-0.2, -0.15) is 0 Å². The number of hydrogen-bond donors (Lipinski definition) is 0. The largest absolute Gasteiger partial charge is 0.496 e. The van der Waals surface area contributed by atoms with Crippen LogP contribution < -0.4 is 14.2 Å². The standard InChI is InChI=1S/C23H27NO6/c1-4-29-23(26)11-7-8-14-30-21-15-17(24-16-22(21)28-3)12-13-19(25)18-9-5-6-10-20(18)27-2/h5-6,9-10,12-13,15-16H,4,7-8,11,14H2,1-3H3/b13-12+. The number of aromatic nitrogens is 1. The minimum atomic E-state index is -0.203. The Labute approximate surface area is 176 Å². The van der Waals surface area contributed by atoms with E-state index < -0.39 is 0 Å². The third kappa shape index (κ3) is 6.92. The first kappa shape index (κ1) is 22.9. The highest BCUT2D eigenvalue weighted by Gasteiger charge is 2.10. The van der Waals surface area contributed by atoms with Gasteiger partial charge in [0.1, 0.15) is 5.75 Å². The Balaban J connectivity index is 1.98. The molecule has 1 aromatic carbocycles. The van der Waals surface area contributed by atoms with E-state index in [0.717, 1.165) is 0 Å².